The van der Waals surface area contributed by atoms with Crippen LogP contribution >= 0.6 is 23.2 Å². The van der Waals surface area contributed by atoms with Crippen LogP contribution in [0.4, 0.5) is 8.78 Å². The van der Waals surface area contributed by atoms with Gasteiger partial charge in [-0.3, -0.25) is 0 Å². The second-order valence-electron chi connectivity index (χ2n) is 4.08. The zero-order chi connectivity index (χ0) is 15.6. The molecule has 7 heteroatoms. The second-order valence-corrected chi connectivity index (χ2v) is 4.86. The Hall–Kier alpha value is -1.85. The molecule has 2 rings (SSSR count). The number of benzene rings is 2. The smallest absolute Gasteiger partial charge is 0.335 e. The summed E-state index contributed by atoms with van der Waals surface area (Å²) in [5.74, 6) is -4.32. The van der Waals surface area contributed by atoms with Crippen LogP contribution in [-0.4, -0.2) is 11.1 Å². The molecule has 0 aromatic heterocycles. The van der Waals surface area contributed by atoms with E-state index in [0.717, 1.165) is 0 Å². The Morgan fingerprint density at radius 3 is 2.38 bits per heavy atom. The van der Waals surface area contributed by atoms with E-state index in [-0.39, 0.29) is 11.6 Å². The number of hydrogen-bond donors (Lipinski definition) is 1. The molecule has 0 heterocycles. The summed E-state index contributed by atoms with van der Waals surface area (Å²) in [7, 11) is 0. The maximum atomic E-state index is 13.7. The van der Waals surface area contributed by atoms with Crippen LogP contribution in [0.25, 0.3) is 0 Å². The van der Waals surface area contributed by atoms with E-state index in [1.54, 1.807) is 18.2 Å². The SMILES string of the molecule is O=C(O)c1cc(F)c(OCc2cccc(Cl)c2Cl)c(F)c1. The molecule has 0 unspecified atom stereocenters. The summed E-state index contributed by atoms with van der Waals surface area (Å²) in [4.78, 5) is 10.7. The van der Waals surface area contributed by atoms with Gasteiger partial charge in [0.25, 0.3) is 0 Å². The summed E-state index contributed by atoms with van der Waals surface area (Å²) in [6.07, 6.45) is 0. The van der Waals surface area contributed by atoms with Crippen LogP contribution in [0.5, 0.6) is 5.75 Å². The number of carboxylic acids is 1. The average Bonchev–Trinajstić information content (AvgIpc) is 2.42. The van der Waals surface area contributed by atoms with Gasteiger partial charge in [0.05, 0.1) is 15.6 Å². The fraction of sp³-hybridized carbons (Fsp3) is 0.0714. The number of carboxylic acid groups (broad SMARTS) is 1. The van der Waals surface area contributed by atoms with Gasteiger partial charge in [-0.15, -0.1) is 0 Å². The Labute approximate surface area is 128 Å². The van der Waals surface area contributed by atoms with E-state index < -0.39 is 28.9 Å². The Balaban J connectivity index is 2.24. The first kappa shape index (κ1) is 15.5. The Morgan fingerprint density at radius 2 is 1.81 bits per heavy atom. The molecular weight excluding hydrogens is 325 g/mol. The van der Waals surface area contributed by atoms with Crippen LogP contribution < -0.4 is 4.74 Å². The van der Waals surface area contributed by atoms with E-state index in [1.807, 2.05) is 0 Å². The van der Waals surface area contributed by atoms with Crippen LogP contribution in [0.15, 0.2) is 30.3 Å². The number of hydrogen-bond acceptors (Lipinski definition) is 2. The minimum absolute atomic E-state index is 0.209. The van der Waals surface area contributed by atoms with Gasteiger partial charge in [-0.1, -0.05) is 35.3 Å². The third-order valence-corrected chi connectivity index (χ3v) is 3.51. The van der Waals surface area contributed by atoms with E-state index in [9.17, 15) is 13.6 Å². The summed E-state index contributed by atoms with van der Waals surface area (Å²) in [6, 6.07) is 6.14. The number of halogens is 4. The highest BCUT2D eigenvalue weighted by Crippen LogP contribution is 2.28. The van der Waals surface area contributed by atoms with E-state index >= 15 is 0 Å². The highest BCUT2D eigenvalue weighted by Gasteiger charge is 2.16. The maximum absolute atomic E-state index is 13.7. The molecule has 21 heavy (non-hydrogen) atoms. The fourth-order valence-corrected chi connectivity index (χ4v) is 2.01. The normalized spacial score (nSPS) is 10.5. The lowest BCUT2D eigenvalue weighted by molar-refractivity contribution is 0.0695. The van der Waals surface area contributed by atoms with Crippen molar-refractivity contribution in [1.82, 2.24) is 0 Å². The van der Waals surface area contributed by atoms with E-state index in [4.69, 9.17) is 33.0 Å². The predicted molar refractivity (Wildman–Crippen MR) is 74.1 cm³/mol. The van der Waals surface area contributed by atoms with Crippen molar-refractivity contribution in [2.45, 2.75) is 6.61 Å². The fourth-order valence-electron chi connectivity index (χ4n) is 1.63. The minimum atomic E-state index is -1.43. The third-order valence-electron chi connectivity index (χ3n) is 2.65. The van der Waals surface area contributed by atoms with E-state index in [2.05, 4.69) is 0 Å². The Bertz CT molecular complexity index is 682. The molecule has 0 atom stereocenters. The van der Waals surface area contributed by atoms with Crippen LogP contribution in [0, 0.1) is 11.6 Å². The van der Waals surface area contributed by atoms with Gasteiger partial charge >= 0.3 is 5.97 Å². The van der Waals surface area contributed by atoms with Gasteiger partial charge in [0.1, 0.15) is 6.61 Å². The maximum Gasteiger partial charge on any atom is 0.335 e. The lowest BCUT2D eigenvalue weighted by atomic mass is 10.2. The molecule has 2 aromatic rings. The molecule has 0 saturated heterocycles. The molecule has 0 aliphatic carbocycles. The third kappa shape index (κ3) is 3.43. The topological polar surface area (TPSA) is 46.5 Å². The molecule has 110 valence electrons. The van der Waals surface area contributed by atoms with Crippen molar-refractivity contribution in [1.29, 1.82) is 0 Å². The van der Waals surface area contributed by atoms with Gasteiger partial charge in [0.2, 0.25) is 0 Å². The second kappa shape index (κ2) is 6.28. The van der Waals surface area contributed by atoms with Gasteiger partial charge in [0.15, 0.2) is 17.4 Å². The lowest BCUT2D eigenvalue weighted by Gasteiger charge is -2.10. The molecule has 0 bridgehead atoms. The molecule has 0 aliphatic rings. The van der Waals surface area contributed by atoms with Crippen LogP contribution in [0.1, 0.15) is 15.9 Å². The number of carbonyl (C=O) groups is 1. The molecular formula is C14H8Cl2F2O3. The first-order valence-corrected chi connectivity index (χ1v) is 6.43. The highest BCUT2D eigenvalue weighted by molar-refractivity contribution is 6.42. The van der Waals surface area contributed by atoms with Gasteiger partial charge < -0.3 is 9.84 Å². The van der Waals surface area contributed by atoms with Gasteiger partial charge in [-0.2, -0.15) is 0 Å². The summed E-state index contributed by atoms with van der Waals surface area (Å²) in [5, 5.41) is 9.21. The monoisotopic (exact) mass is 332 g/mol. The van der Waals surface area contributed by atoms with Crippen molar-refractivity contribution in [2.24, 2.45) is 0 Å². The van der Waals surface area contributed by atoms with Crippen molar-refractivity contribution in [2.75, 3.05) is 0 Å². The summed E-state index contributed by atoms with van der Waals surface area (Å²) in [6.45, 7) is -0.209. The quantitative estimate of drug-likeness (QED) is 0.893. The molecule has 3 nitrogen and oxygen atoms in total. The summed E-state index contributed by atoms with van der Waals surface area (Å²) < 4.78 is 32.4. The lowest BCUT2D eigenvalue weighted by Crippen LogP contribution is -2.04. The summed E-state index contributed by atoms with van der Waals surface area (Å²) in [5.41, 5.74) is -0.0524. The van der Waals surface area contributed by atoms with E-state index in [0.29, 0.717) is 22.7 Å². The highest BCUT2D eigenvalue weighted by atomic mass is 35.5. The molecule has 0 amide bonds. The van der Waals surface area contributed by atoms with Crippen molar-refractivity contribution >= 4 is 29.2 Å². The minimum Gasteiger partial charge on any atom is -0.483 e. The molecule has 0 spiro atoms. The van der Waals surface area contributed by atoms with Crippen molar-refractivity contribution in [3.8, 4) is 5.75 Å². The van der Waals surface area contributed by atoms with Crippen molar-refractivity contribution in [3.63, 3.8) is 0 Å². The summed E-state index contributed by atoms with van der Waals surface area (Å²) >= 11 is 11.7. The number of aromatic carboxylic acids is 1. The zero-order valence-electron chi connectivity index (χ0n) is 10.4. The van der Waals surface area contributed by atoms with Gasteiger partial charge in [0, 0.05) is 5.56 Å². The van der Waals surface area contributed by atoms with Crippen LogP contribution in [-0.2, 0) is 6.61 Å². The van der Waals surface area contributed by atoms with E-state index in [1.165, 1.54) is 0 Å². The Morgan fingerprint density at radius 1 is 1.19 bits per heavy atom. The van der Waals surface area contributed by atoms with Gasteiger partial charge in [-0.25, -0.2) is 13.6 Å². The first-order valence-electron chi connectivity index (χ1n) is 5.68. The molecule has 0 saturated carbocycles. The molecule has 0 fully saturated rings. The molecule has 1 N–H and O–H groups in total. The van der Waals surface area contributed by atoms with Gasteiger partial charge in [-0.05, 0) is 18.2 Å². The predicted octanol–water partition coefficient (Wildman–Crippen LogP) is 4.55. The van der Waals surface area contributed by atoms with Crippen molar-refractivity contribution in [3.05, 3.63) is 63.1 Å². The average molecular weight is 333 g/mol. The molecule has 0 radical (unpaired) electrons. The number of ether oxygens (including phenoxy) is 1. The molecule has 2 aromatic carbocycles. The van der Waals surface area contributed by atoms with Crippen LogP contribution in [0.2, 0.25) is 10.0 Å². The molecule has 0 aliphatic heterocycles. The van der Waals surface area contributed by atoms with Crippen molar-refractivity contribution < 1.29 is 23.4 Å². The Kier molecular flexibility index (Phi) is 4.65. The number of rotatable bonds is 4. The van der Waals surface area contributed by atoms with Crippen LogP contribution in [0.3, 0.4) is 0 Å². The first-order chi connectivity index (χ1) is 9.90. The zero-order valence-corrected chi connectivity index (χ0v) is 11.9. The largest absolute Gasteiger partial charge is 0.483 e. The standard InChI is InChI=1S/C14H8Cl2F2O3/c15-9-3-1-2-7(12(9)16)6-21-13-10(17)4-8(14(19)20)5-11(13)18/h1-5H,6H2,(H,19,20).